The Labute approximate surface area is 233 Å². The summed E-state index contributed by atoms with van der Waals surface area (Å²) in [5, 5.41) is 16.1. The maximum absolute atomic E-state index is 13.1. The van der Waals surface area contributed by atoms with Crippen LogP contribution in [0.4, 0.5) is 5.69 Å². The molecule has 190 valence electrons. The molecule has 5 aromatic carbocycles. The average Bonchev–Trinajstić information content (AvgIpc) is 2.96. The van der Waals surface area contributed by atoms with E-state index in [1.807, 2.05) is 72.8 Å². The first-order valence-electron chi connectivity index (χ1n) is 12.0. The summed E-state index contributed by atoms with van der Waals surface area (Å²) in [5.74, 6) is -0.640. The van der Waals surface area contributed by atoms with Crippen LogP contribution in [0.2, 0.25) is 0 Å². The van der Waals surface area contributed by atoms with E-state index in [1.165, 1.54) is 13.2 Å². The zero-order valence-electron chi connectivity index (χ0n) is 20.8. The Morgan fingerprint density at radius 3 is 2.23 bits per heavy atom. The smallest absolute Gasteiger partial charge is 0.344 e. The van der Waals surface area contributed by atoms with Gasteiger partial charge in [-0.25, -0.2) is 4.79 Å². The molecule has 5 rings (SSSR count). The van der Waals surface area contributed by atoms with Gasteiger partial charge < -0.3 is 14.8 Å². The van der Waals surface area contributed by atoms with Crippen LogP contribution < -0.4 is 14.8 Å². The second-order valence-corrected chi connectivity index (χ2v) is 9.46. The number of nitrogens with zero attached hydrogens (tertiary/aromatic N) is 1. The molecule has 5 aromatic rings. The second kappa shape index (κ2) is 11.2. The number of rotatable bonds is 6. The molecule has 6 nitrogen and oxygen atoms in total. The number of carbonyl (C=O) groups is 2. The molecule has 0 atom stereocenters. The summed E-state index contributed by atoms with van der Waals surface area (Å²) >= 11 is 3.45. The van der Waals surface area contributed by atoms with E-state index in [2.05, 4.69) is 21.2 Å². The number of esters is 1. The molecule has 39 heavy (non-hydrogen) atoms. The van der Waals surface area contributed by atoms with E-state index in [9.17, 15) is 14.9 Å². The van der Waals surface area contributed by atoms with Crippen LogP contribution in [0.3, 0.4) is 0 Å². The van der Waals surface area contributed by atoms with Crippen molar-refractivity contribution in [3.63, 3.8) is 0 Å². The number of nitrogens with one attached hydrogen (secondary N) is 1. The summed E-state index contributed by atoms with van der Waals surface area (Å²) in [7, 11) is 1.45. The van der Waals surface area contributed by atoms with Gasteiger partial charge in [-0.2, -0.15) is 5.26 Å². The van der Waals surface area contributed by atoms with E-state index in [0.717, 1.165) is 21.5 Å². The molecular formula is C32H21BrN2O4. The van der Waals surface area contributed by atoms with Crippen molar-refractivity contribution in [2.75, 3.05) is 12.4 Å². The maximum Gasteiger partial charge on any atom is 0.344 e. The predicted molar refractivity (Wildman–Crippen MR) is 156 cm³/mol. The molecule has 0 radical (unpaired) electrons. The number of hydrogen-bond donors (Lipinski definition) is 1. The summed E-state index contributed by atoms with van der Waals surface area (Å²) in [6, 6.07) is 31.4. The molecule has 0 saturated heterocycles. The minimum Gasteiger partial charge on any atom is -0.493 e. The Hall–Kier alpha value is -4.93. The highest BCUT2D eigenvalue weighted by molar-refractivity contribution is 9.10. The summed E-state index contributed by atoms with van der Waals surface area (Å²) in [5.41, 5.74) is 1.43. The fourth-order valence-electron chi connectivity index (χ4n) is 4.31. The number of anilines is 1. The molecular weight excluding hydrogens is 556 g/mol. The van der Waals surface area contributed by atoms with Crippen LogP contribution in [0.25, 0.3) is 27.6 Å². The van der Waals surface area contributed by atoms with E-state index in [4.69, 9.17) is 9.47 Å². The highest BCUT2D eigenvalue weighted by Gasteiger charge is 2.19. The van der Waals surface area contributed by atoms with E-state index >= 15 is 0 Å². The van der Waals surface area contributed by atoms with Crippen molar-refractivity contribution in [2.45, 2.75) is 0 Å². The molecule has 1 amide bonds. The van der Waals surface area contributed by atoms with E-state index < -0.39 is 11.9 Å². The van der Waals surface area contributed by atoms with Crippen LogP contribution in [0, 0.1) is 11.3 Å². The van der Waals surface area contributed by atoms with Gasteiger partial charge in [-0.3, -0.25) is 4.79 Å². The van der Waals surface area contributed by atoms with Gasteiger partial charge in [0.05, 0.1) is 17.1 Å². The number of methoxy groups -OCH3 is 1. The van der Waals surface area contributed by atoms with Crippen LogP contribution >= 0.6 is 15.9 Å². The number of ether oxygens (including phenoxy) is 2. The van der Waals surface area contributed by atoms with E-state index in [0.29, 0.717) is 21.3 Å². The zero-order chi connectivity index (χ0) is 27.4. The van der Waals surface area contributed by atoms with Gasteiger partial charge in [-0.05, 0) is 68.0 Å². The molecule has 0 heterocycles. The highest BCUT2D eigenvalue weighted by Crippen LogP contribution is 2.38. The topological polar surface area (TPSA) is 88.4 Å². The second-order valence-electron chi connectivity index (χ2n) is 8.60. The van der Waals surface area contributed by atoms with Gasteiger partial charge in [0.1, 0.15) is 11.6 Å². The Bertz CT molecular complexity index is 1810. The first-order valence-corrected chi connectivity index (χ1v) is 12.8. The molecule has 0 aliphatic carbocycles. The van der Waals surface area contributed by atoms with E-state index in [1.54, 1.807) is 30.3 Å². The van der Waals surface area contributed by atoms with Crippen LogP contribution in [0.15, 0.2) is 107 Å². The molecule has 0 spiro atoms. The number of halogens is 1. The summed E-state index contributed by atoms with van der Waals surface area (Å²) in [6.45, 7) is 0. The normalized spacial score (nSPS) is 11.2. The molecule has 0 aliphatic rings. The van der Waals surface area contributed by atoms with Gasteiger partial charge in [-0.15, -0.1) is 0 Å². The lowest BCUT2D eigenvalue weighted by molar-refractivity contribution is -0.112. The molecule has 1 N–H and O–H groups in total. The lowest BCUT2D eigenvalue weighted by atomic mass is 10.0. The number of fused-ring (bicyclic) bond motifs is 2. The van der Waals surface area contributed by atoms with Crippen LogP contribution in [0.5, 0.6) is 11.5 Å². The first kappa shape index (κ1) is 25.7. The fourth-order valence-corrected chi connectivity index (χ4v) is 4.85. The predicted octanol–water partition coefficient (Wildman–Crippen LogP) is 7.53. The monoisotopic (exact) mass is 576 g/mol. The van der Waals surface area contributed by atoms with Crippen molar-refractivity contribution in [1.29, 1.82) is 5.26 Å². The third-order valence-corrected chi connectivity index (χ3v) is 6.76. The molecule has 0 fully saturated rings. The summed E-state index contributed by atoms with van der Waals surface area (Å²) < 4.78 is 11.7. The van der Waals surface area contributed by atoms with Gasteiger partial charge in [0.15, 0.2) is 11.5 Å². The minimum absolute atomic E-state index is 0.0996. The van der Waals surface area contributed by atoms with Gasteiger partial charge in [0, 0.05) is 11.1 Å². The summed E-state index contributed by atoms with van der Waals surface area (Å²) in [6.07, 6.45) is 1.45. The lowest BCUT2D eigenvalue weighted by Gasteiger charge is -2.13. The number of amides is 1. The van der Waals surface area contributed by atoms with Crippen LogP contribution in [-0.4, -0.2) is 19.0 Å². The molecule has 0 bridgehead atoms. The van der Waals surface area contributed by atoms with Crippen molar-refractivity contribution in [3.05, 3.63) is 118 Å². The standard InChI is InChI=1S/C32H21BrN2O4/c1-38-29-18-20(16-23(19-34)31(36)35-28-15-7-11-22-9-3-5-13-25(22)28)17-27(33)30(29)39-32(37)26-14-6-10-21-8-2-4-12-24(21)26/h2-18H,1H3,(H,35,36)/b23-16+. The fraction of sp³-hybridized carbons (Fsp3) is 0.0312. The molecule has 0 unspecified atom stereocenters. The first-order chi connectivity index (χ1) is 19.0. The highest BCUT2D eigenvalue weighted by atomic mass is 79.9. The van der Waals surface area contributed by atoms with Crippen molar-refractivity contribution < 1.29 is 19.1 Å². The Balaban J connectivity index is 1.42. The Morgan fingerprint density at radius 1 is 0.872 bits per heavy atom. The Morgan fingerprint density at radius 2 is 1.51 bits per heavy atom. The quantitative estimate of drug-likeness (QED) is 0.0976. The zero-order valence-corrected chi connectivity index (χ0v) is 22.4. The molecule has 0 saturated carbocycles. The SMILES string of the molecule is COc1cc(/C=C(\C#N)C(=O)Nc2cccc3ccccc23)cc(Br)c1OC(=O)c1cccc2ccccc12. The van der Waals surface area contributed by atoms with Crippen LogP contribution in [0.1, 0.15) is 15.9 Å². The molecule has 0 aliphatic heterocycles. The third-order valence-electron chi connectivity index (χ3n) is 6.17. The van der Waals surface area contributed by atoms with Gasteiger partial charge in [-0.1, -0.05) is 72.8 Å². The van der Waals surface area contributed by atoms with E-state index in [-0.39, 0.29) is 17.1 Å². The van der Waals surface area contributed by atoms with Crippen molar-refractivity contribution in [1.82, 2.24) is 0 Å². The maximum atomic E-state index is 13.1. The van der Waals surface area contributed by atoms with Crippen molar-refractivity contribution >= 4 is 61.1 Å². The average molecular weight is 577 g/mol. The van der Waals surface area contributed by atoms with Crippen LogP contribution in [-0.2, 0) is 4.79 Å². The molecule has 0 aromatic heterocycles. The Kier molecular flexibility index (Phi) is 7.39. The number of nitriles is 1. The third kappa shape index (κ3) is 5.37. The molecule has 7 heteroatoms. The van der Waals surface area contributed by atoms with Crippen molar-refractivity contribution in [3.8, 4) is 17.6 Å². The van der Waals surface area contributed by atoms with Gasteiger partial charge in [0.2, 0.25) is 0 Å². The van der Waals surface area contributed by atoms with Crippen molar-refractivity contribution in [2.24, 2.45) is 0 Å². The number of carbonyl (C=O) groups excluding carboxylic acids is 2. The number of benzene rings is 5. The number of hydrogen-bond acceptors (Lipinski definition) is 5. The van der Waals surface area contributed by atoms with Gasteiger partial charge in [0.25, 0.3) is 5.91 Å². The lowest BCUT2D eigenvalue weighted by Crippen LogP contribution is -2.13. The largest absolute Gasteiger partial charge is 0.493 e. The minimum atomic E-state index is -0.546. The summed E-state index contributed by atoms with van der Waals surface area (Å²) in [4.78, 5) is 26.1. The van der Waals surface area contributed by atoms with Gasteiger partial charge >= 0.3 is 5.97 Å².